The SMILES string of the molecule is C=C(C)C(=O)OCCOCCCC(=O)NS(=O)(=O)C(F)(F)F. The second-order valence-electron chi connectivity index (χ2n) is 4.11. The van der Waals surface area contributed by atoms with E-state index in [-0.39, 0.29) is 31.8 Å². The van der Waals surface area contributed by atoms with E-state index in [2.05, 4.69) is 11.3 Å². The van der Waals surface area contributed by atoms with Gasteiger partial charge < -0.3 is 9.47 Å². The van der Waals surface area contributed by atoms with Gasteiger partial charge >= 0.3 is 21.5 Å². The molecule has 0 saturated heterocycles. The van der Waals surface area contributed by atoms with E-state index in [1.54, 1.807) is 0 Å². The quantitative estimate of drug-likeness (QED) is 0.377. The lowest BCUT2D eigenvalue weighted by Gasteiger charge is -2.09. The first kappa shape index (κ1) is 20.4. The second kappa shape index (κ2) is 8.73. The fourth-order valence-corrected chi connectivity index (χ4v) is 1.53. The number of nitrogens with one attached hydrogen (secondary N) is 1. The Morgan fingerprint density at radius 3 is 2.27 bits per heavy atom. The number of rotatable bonds is 9. The fourth-order valence-electron chi connectivity index (χ4n) is 1.01. The van der Waals surface area contributed by atoms with Crippen molar-refractivity contribution in [3.05, 3.63) is 12.2 Å². The van der Waals surface area contributed by atoms with Gasteiger partial charge in [-0.2, -0.15) is 21.6 Å². The van der Waals surface area contributed by atoms with Crippen LogP contribution < -0.4 is 4.72 Å². The van der Waals surface area contributed by atoms with Crippen LogP contribution in [0.3, 0.4) is 0 Å². The van der Waals surface area contributed by atoms with Gasteiger partial charge in [-0.25, -0.2) is 9.52 Å². The number of amides is 1. The Kier molecular flexibility index (Phi) is 8.09. The van der Waals surface area contributed by atoms with Gasteiger partial charge in [0.1, 0.15) is 6.61 Å². The van der Waals surface area contributed by atoms with Crippen LogP contribution in [-0.4, -0.2) is 45.6 Å². The molecule has 0 aliphatic carbocycles. The van der Waals surface area contributed by atoms with Crippen molar-refractivity contribution in [1.29, 1.82) is 0 Å². The molecule has 0 fully saturated rings. The zero-order chi connectivity index (χ0) is 17.4. The van der Waals surface area contributed by atoms with Crippen molar-refractivity contribution in [3.8, 4) is 0 Å². The zero-order valence-corrected chi connectivity index (χ0v) is 12.6. The highest BCUT2D eigenvalue weighted by molar-refractivity contribution is 7.90. The summed E-state index contributed by atoms with van der Waals surface area (Å²) >= 11 is 0. The van der Waals surface area contributed by atoms with E-state index in [1.165, 1.54) is 6.92 Å². The normalized spacial score (nSPS) is 11.8. The molecule has 0 rings (SSSR count). The number of sulfonamides is 1. The van der Waals surface area contributed by atoms with Crippen LogP contribution in [0.1, 0.15) is 19.8 Å². The van der Waals surface area contributed by atoms with Crippen LogP contribution in [0.5, 0.6) is 0 Å². The average Bonchev–Trinajstić information content (AvgIpc) is 2.35. The van der Waals surface area contributed by atoms with Gasteiger partial charge in [0.15, 0.2) is 0 Å². The number of hydrogen-bond donors (Lipinski definition) is 1. The number of carbonyl (C=O) groups is 2. The third-order valence-electron chi connectivity index (χ3n) is 2.05. The molecule has 0 aliphatic heterocycles. The van der Waals surface area contributed by atoms with E-state index in [1.807, 2.05) is 0 Å². The number of ether oxygens (including phenoxy) is 2. The molecule has 0 aromatic rings. The van der Waals surface area contributed by atoms with Crippen LogP contribution in [-0.2, 0) is 29.1 Å². The minimum absolute atomic E-state index is 0.00758. The van der Waals surface area contributed by atoms with E-state index < -0.39 is 33.8 Å². The topological polar surface area (TPSA) is 98.8 Å². The van der Waals surface area contributed by atoms with Gasteiger partial charge in [-0.3, -0.25) is 4.79 Å². The minimum Gasteiger partial charge on any atom is -0.460 e. The number of alkyl halides is 3. The molecule has 0 aliphatic rings. The van der Waals surface area contributed by atoms with Gasteiger partial charge in [0.25, 0.3) is 0 Å². The summed E-state index contributed by atoms with van der Waals surface area (Å²) in [7, 11) is -5.67. The first-order valence-corrected chi connectivity index (χ1v) is 7.48. The molecule has 0 heterocycles. The Hall–Kier alpha value is -1.62. The molecular weight excluding hydrogens is 331 g/mol. The minimum atomic E-state index is -5.67. The Labute approximate surface area is 125 Å². The van der Waals surface area contributed by atoms with Crippen molar-refractivity contribution in [3.63, 3.8) is 0 Å². The molecular formula is C11H16F3NO6S. The first-order valence-electron chi connectivity index (χ1n) is 5.99. The maximum atomic E-state index is 12.0. The van der Waals surface area contributed by atoms with Gasteiger partial charge in [-0.1, -0.05) is 6.58 Å². The molecule has 0 atom stereocenters. The van der Waals surface area contributed by atoms with Gasteiger partial charge in [-0.15, -0.1) is 0 Å². The third-order valence-corrected chi connectivity index (χ3v) is 3.16. The third kappa shape index (κ3) is 7.98. The summed E-state index contributed by atoms with van der Waals surface area (Å²) in [5.41, 5.74) is -5.31. The highest BCUT2D eigenvalue weighted by Gasteiger charge is 2.46. The molecule has 0 unspecified atom stereocenters. The second-order valence-corrected chi connectivity index (χ2v) is 5.78. The lowest BCUT2D eigenvalue weighted by atomic mass is 10.3. The Morgan fingerprint density at radius 1 is 1.18 bits per heavy atom. The van der Waals surface area contributed by atoms with Crippen molar-refractivity contribution >= 4 is 21.9 Å². The van der Waals surface area contributed by atoms with E-state index in [4.69, 9.17) is 4.74 Å². The molecule has 7 nitrogen and oxygen atoms in total. The standard InChI is InChI=1S/C11H16F3NO6S/c1-8(2)10(17)21-7-6-20-5-3-4-9(16)15-22(18,19)11(12,13)14/h1,3-7H2,2H3,(H,15,16). The Bertz CT molecular complexity index is 514. The van der Waals surface area contributed by atoms with Crippen molar-refractivity contribution in [2.45, 2.75) is 25.3 Å². The summed E-state index contributed by atoms with van der Waals surface area (Å²) in [6.45, 7) is 4.81. The first-order chi connectivity index (χ1) is 9.97. The van der Waals surface area contributed by atoms with Gasteiger partial charge in [0.05, 0.1) is 6.61 Å². The van der Waals surface area contributed by atoms with Crippen molar-refractivity contribution in [2.24, 2.45) is 0 Å². The van der Waals surface area contributed by atoms with Crippen LogP contribution in [0, 0.1) is 0 Å². The van der Waals surface area contributed by atoms with Crippen LogP contribution in [0.15, 0.2) is 12.2 Å². The maximum absolute atomic E-state index is 12.0. The summed E-state index contributed by atoms with van der Waals surface area (Å²) in [6.07, 6.45) is -0.450. The summed E-state index contributed by atoms with van der Waals surface area (Å²) in [4.78, 5) is 22.0. The molecule has 128 valence electrons. The largest absolute Gasteiger partial charge is 0.516 e. The highest BCUT2D eigenvalue weighted by atomic mass is 32.2. The number of halogens is 3. The van der Waals surface area contributed by atoms with E-state index in [0.717, 1.165) is 4.72 Å². The van der Waals surface area contributed by atoms with Crippen molar-refractivity contribution in [1.82, 2.24) is 4.72 Å². The van der Waals surface area contributed by atoms with E-state index >= 15 is 0 Å². The average molecular weight is 347 g/mol. The summed E-state index contributed by atoms with van der Waals surface area (Å²) in [5.74, 6) is -1.87. The van der Waals surface area contributed by atoms with Gasteiger partial charge in [0, 0.05) is 18.6 Å². The van der Waals surface area contributed by atoms with Crippen LogP contribution in [0.2, 0.25) is 0 Å². The van der Waals surface area contributed by atoms with Gasteiger partial charge in [0.2, 0.25) is 5.91 Å². The fraction of sp³-hybridized carbons (Fsp3) is 0.636. The zero-order valence-electron chi connectivity index (χ0n) is 11.7. The van der Waals surface area contributed by atoms with E-state index in [9.17, 15) is 31.2 Å². The molecule has 11 heteroatoms. The van der Waals surface area contributed by atoms with E-state index in [0.29, 0.717) is 0 Å². The smallest absolute Gasteiger partial charge is 0.460 e. The maximum Gasteiger partial charge on any atom is 0.516 e. The Balaban J connectivity index is 3.79. The van der Waals surface area contributed by atoms with Crippen LogP contribution in [0.25, 0.3) is 0 Å². The molecule has 0 radical (unpaired) electrons. The number of esters is 1. The van der Waals surface area contributed by atoms with Crippen LogP contribution in [0.4, 0.5) is 13.2 Å². The summed E-state index contributed by atoms with van der Waals surface area (Å²) in [6, 6.07) is 0. The van der Waals surface area contributed by atoms with Gasteiger partial charge in [-0.05, 0) is 13.3 Å². The molecule has 22 heavy (non-hydrogen) atoms. The van der Waals surface area contributed by atoms with Crippen molar-refractivity contribution < 1.29 is 40.7 Å². The monoisotopic (exact) mass is 347 g/mol. The lowest BCUT2D eigenvalue weighted by Crippen LogP contribution is -2.40. The predicted molar refractivity (Wildman–Crippen MR) is 68.9 cm³/mol. The summed E-state index contributed by atoms with van der Waals surface area (Å²) < 4.78 is 67.7. The molecule has 0 bridgehead atoms. The Morgan fingerprint density at radius 2 is 1.77 bits per heavy atom. The highest BCUT2D eigenvalue weighted by Crippen LogP contribution is 2.21. The molecule has 0 aromatic heterocycles. The molecule has 0 aromatic carbocycles. The lowest BCUT2D eigenvalue weighted by molar-refractivity contribution is -0.140. The molecule has 1 N–H and O–H groups in total. The molecule has 0 spiro atoms. The van der Waals surface area contributed by atoms with Crippen molar-refractivity contribution in [2.75, 3.05) is 19.8 Å². The summed E-state index contributed by atoms with van der Waals surface area (Å²) in [5, 5.41) is 0. The number of hydrogen-bond acceptors (Lipinski definition) is 6. The molecule has 0 saturated carbocycles. The predicted octanol–water partition coefficient (Wildman–Crippen LogP) is 0.868. The molecule has 1 amide bonds. The number of carbonyl (C=O) groups excluding carboxylic acids is 2. The van der Waals surface area contributed by atoms with Crippen LogP contribution >= 0.6 is 0 Å².